The third kappa shape index (κ3) is 4.05. The second kappa shape index (κ2) is 7.47. The Morgan fingerprint density at radius 2 is 1.96 bits per heavy atom. The Labute approximate surface area is 145 Å². The van der Waals surface area contributed by atoms with Crippen LogP contribution < -0.4 is 5.32 Å². The quantitative estimate of drug-likeness (QED) is 0.673. The number of aromatic nitrogens is 1. The summed E-state index contributed by atoms with van der Waals surface area (Å²) in [6, 6.07) is 11.4. The van der Waals surface area contributed by atoms with E-state index < -0.39 is 11.6 Å². The van der Waals surface area contributed by atoms with Gasteiger partial charge in [-0.2, -0.15) is 0 Å². The molecule has 1 atom stereocenters. The van der Waals surface area contributed by atoms with Crippen LogP contribution in [0.2, 0.25) is 0 Å². The first-order valence-electron chi connectivity index (χ1n) is 8.34. The molecule has 1 heterocycles. The van der Waals surface area contributed by atoms with Gasteiger partial charge in [0.15, 0.2) is 11.6 Å². The predicted octanol–water partition coefficient (Wildman–Crippen LogP) is 4.65. The van der Waals surface area contributed by atoms with Gasteiger partial charge in [0.25, 0.3) is 0 Å². The minimum Gasteiger partial charge on any atom is -0.361 e. The first kappa shape index (κ1) is 17.1. The van der Waals surface area contributed by atoms with Crippen LogP contribution in [0.1, 0.15) is 36.9 Å². The van der Waals surface area contributed by atoms with Crippen molar-refractivity contribution in [2.24, 2.45) is 0 Å². The fourth-order valence-corrected chi connectivity index (χ4v) is 2.96. The summed E-state index contributed by atoms with van der Waals surface area (Å²) in [4.78, 5) is 15.3. The highest BCUT2D eigenvalue weighted by atomic mass is 19.2. The minimum absolute atomic E-state index is 0.0999. The van der Waals surface area contributed by atoms with Crippen LogP contribution in [0.3, 0.4) is 0 Å². The molecule has 3 aromatic rings. The number of hydrogen-bond acceptors (Lipinski definition) is 1. The third-order valence-electron chi connectivity index (χ3n) is 4.35. The lowest BCUT2D eigenvalue weighted by atomic mass is 10.1. The van der Waals surface area contributed by atoms with Crippen LogP contribution in [0.4, 0.5) is 8.78 Å². The number of hydrogen-bond donors (Lipinski definition) is 2. The molecule has 1 unspecified atom stereocenters. The van der Waals surface area contributed by atoms with Gasteiger partial charge in [-0.05, 0) is 49.1 Å². The molecule has 0 spiro atoms. The molecule has 0 radical (unpaired) electrons. The summed E-state index contributed by atoms with van der Waals surface area (Å²) in [6.45, 7) is 1.75. The van der Waals surface area contributed by atoms with Crippen LogP contribution in [0.15, 0.2) is 48.7 Å². The summed E-state index contributed by atoms with van der Waals surface area (Å²) >= 11 is 0. The number of aromatic amines is 1. The Hall–Kier alpha value is -2.69. The van der Waals surface area contributed by atoms with E-state index in [0.29, 0.717) is 12.0 Å². The number of H-pyrrole nitrogens is 1. The summed E-state index contributed by atoms with van der Waals surface area (Å²) in [5, 5.41) is 4.00. The van der Waals surface area contributed by atoms with Gasteiger partial charge in [0.2, 0.25) is 5.91 Å². The van der Waals surface area contributed by atoms with E-state index in [4.69, 9.17) is 0 Å². The fourth-order valence-electron chi connectivity index (χ4n) is 2.96. The average molecular weight is 342 g/mol. The fraction of sp³-hybridized carbons (Fsp3) is 0.250. The molecule has 130 valence electrons. The average Bonchev–Trinajstić information content (AvgIpc) is 3.00. The summed E-state index contributed by atoms with van der Waals surface area (Å²) in [7, 11) is 0. The van der Waals surface area contributed by atoms with Gasteiger partial charge >= 0.3 is 0 Å². The minimum atomic E-state index is -0.905. The van der Waals surface area contributed by atoms with Crippen LogP contribution in [0.5, 0.6) is 0 Å². The summed E-state index contributed by atoms with van der Waals surface area (Å²) in [6.07, 6.45) is 3.88. The van der Waals surface area contributed by atoms with E-state index >= 15 is 0 Å². The normalized spacial score (nSPS) is 12.3. The molecule has 2 aromatic carbocycles. The Bertz CT molecular complexity index is 888. The topological polar surface area (TPSA) is 44.9 Å². The number of halogens is 2. The first-order chi connectivity index (χ1) is 12.0. The maximum atomic E-state index is 13.3. The molecular weight excluding hydrogens is 322 g/mol. The molecule has 1 aromatic heterocycles. The number of amides is 1. The van der Waals surface area contributed by atoms with E-state index in [2.05, 4.69) is 16.4 Å². The second-order valence-corrected chi connectivity index (χ2v) is 6.18. The largest absolute Gasteiger partial charge is 0.361 e. The number of nitrogens with one attached hydrogen (secondary N) is 2. The monoisotopic (exact) mass is 342 g/mol. The molecule has 3 nitrogen and oxygen atoms in total. The molecule has 0 bridgehead atoms. The Balaban J connectivity index is 1.51. The van der Waals surface area contributed by atoms with Gasteiger partial charge in [-0.1, -0.05) is 24.3 Å². The number of aryl methyl sites for hydroxylation is 1. The van der Waals surface area contributed by atoms with Crippen LogP contribution in [-0.4, -0.2) is 10.9 Å². The highest BCUT2D eigenvalue weighted by molar-refractivity contribution is 5.83. The Kier molecular flexibility index (Phi) is 5.12. The zero-order valence-corrected chi connectivity index (χ0v) is 14.0. The van der Waals surface area contributed by atoms with Crippen molar-refractivity contribution in [2.75, 3.05) is 0 Å². The van der Waals surface area contributed by atoms with E-state index in [1.807, 2.05) is 24.4 Å². The van der Waals surface area contributed by atoms with E-state index in [1.54, 1.807) is 6.92 Å². The maximum Gasteiger partial charge on any atom is 0.220 e. The SMILES string of the molecule is CC(NC(=O)CCCc1c[nH]c2ccccc12)c1ccc(F)c(F)c1. The van der Waals surface area contributed by atoms with Crippen molar-refractivity contribution in [2.45, 2.75) is 32.2 Å². The summed E-state index contributed by atoms with van der Waals surface area (Å²) in [5.74, 6) is -1.89. The summed E-state index contributed by atoms with van der Waals surface area (Å²) in [5.41, 5.74) is 2.83. The zero-order valence-electron chi connectivity index (χ0n) is 14.0. The lowest BCUT2D eigenvalue weighted by molar-refractivity contribution is -0.121. The molecule has 0 aliphatic rings. The maximum absolute atomic E-state index is 13.3. The second-order valence-electron chi connectivity index (χ2n) is 6.18. The van der Waals surface area contributed by atoms with Gasteiger partial charge in [0.1, 0.15) is 0 Å². The van der Waals surface area contributed by atoms with Crippen molar-refractivity contribution in [3.05, 3.63) is 71.4 Å². The molecule has 0 saturated carbocycles. The number of benzene rings is 2. The van der Waals surface area contributed by atoms with Gasteiger partial charge < -0.3 is 10.3 Å². The Morgan fingerprint density at radius 3 is 2.76 bits per heavy atom. The molecule has 0 aliphatic carbocycles. The number of carbonyl (C=O) groups is 1. The van der Waals surface area contributed by atoms with Crippen molar-refractivity contribution in [1.82, 2.24) is 10.3 Å². The number of fused-ring (bicyclic) bond motifs is 1. The van der Waals surface area contributed by atoms with Gasteiger partial charge in [0, 0.05) is 23.5 Å². The van der Waals surface area contributed by atoms with E-state index in [-0.39, 0.29) is 11.9 Å². The van der Waals surface area contributed by atoms with E-state index in [1.165, 1.54) is 17.0 Å². The molecule has 5 heteroatoms. The molecule has 0 aliphatic heterocycles. The number of rotatable bonds is 6. The van der Waals surface area contributed by atoms with Crippen molar-refractivity contribution >= 4 is 16.8 Å². The van der Waals surface area contributed by atoms with Crippen LogP contribution in [0.25, 0.3) is 10.9 Å². The molecule has 3 rings (SSSR count). The first-order valence-corrected chi connectivity index (χ1v) is 8.34. The lowest BCUT2D eigenvalue weighted by Crippen LogP contribution is -2.26. The smallest absolute Gasteiger partial charge is 0.220 e. The Morgan fingerprint density at radius 1 is 1.16 bits per heavy atom. The van der Waals surface area contributed by atoms with Gasteiger partial charge in [-0.15, -0.1) is 0 Å². The summed E-state index contributed by atoms with van der Waals surface area (Å²) < 4.78 is 26.2. The van der Waals surface area contributed by atoms with Crippen molar-refractivity contribution in [3.63, 3.8) is 0 Å². The van der Waals surface area contributed by atoms with Crippen LogP contribution in [0, 0.1) is 11.6 Å². The van der Waals surface area contributed by atoms with Crippen LogP contribution >= 0.6 is 0 Å². The van der Waals surface area contributed by atoms with E-state index in [9.17, 15) is 13.6 Å². The highest BCUT2D eigenvalue weighted by Crippen LogP contribution is 2.20. The molecule has 2 N–H and O–H groups in total. The van der Waals surface area contributed by atoms with Crippen molar-refractivity contribution in [1.29, 1.82) is 0 Å². The molecule has 1 amide bonds. The molecular formula is C20H20F2N2O. The number of carbonyl (C=O) groups excluding carboxylic acids is 1. The number of para-hydroxylation sites is 1. The van der Waals surface area contributed by atoms with Gasteiger partial charge in [-0.25, -0.2) is 8.78 Å². The predicted molar refractivity (Wildman–Crippen MR) is 94.2 cm³/mol. The van der Waals surface area contributed by atoms with Crippen molar-refractivity contribution < 1.29 is 13.6 Å². The zero-order chi connectivity index (χ0) is 17.8. The highest BCUT2D eigenvalue weighted by Gasteiger charge is 2.12. The van der Waals surface area contributed by atoms with Crippen LogP contribution in [-0.2, 0) is 11.2 Å². The van der Waals surface area contributed by atoms with Gasteiger partial charge in [-0.3, -0.25) is 4.79 Å². The molecule has 25 heavy (non-hydrogen) atoms. The lowest BCUT2D eigenvalue weighted by Gasteiger charge is -2.14. The van der Waals surface area contributed by atoms with Crippen molar-refractivity contribution in [3.8, 4) is 0 Å². The molecule has 0 fully saturated rings. The van der Waals surface area contributed by atoms with E-state index in [0.717, 1.165) is 30.5 Å². The molecule has 0 saturated heterocycles. The standard InChI is InChI=1S/C20H20F2N2O/c1-13(14-9-10-17(21)18(22)11-14)24-20(25)8-4-5-15-12-23-19-7-3-2-6-16(15)19/h2-3,6-7,9-13,23H,4-5,8H2,1H3,(H,24,25). The third-order valence-corrected chi connectivity index (χ3v) is 4.35. The van der Waals surface area contributed by atoms with Gasteiger partial charge in [0.05, 0.1) is 6.04 Å².